The third kappa shape index (κ3) is 3.16. The summed E-state index contributed by atoms with van der Waals surface area (Å²) in [7, 11) is 2.03. The van der Waals surface area contributed by atoms with Crippen LogP contribution in [-0.2, 0) is 0 Å². The number of Topliss-reactive ketones (excluding diaryl/α,β-unsaturated/α-hetero) is 1. The van der Waals surface area contributed by atoms with Crippen molar-refractivity contribution in [2.24, 2.45) is 0 Å². The van der Waals surface area contributed by atoms with Gasteiger partial charge in [-0.25, -0.2) is 8.78 Å². The molecule has 1 aromatic rings. The number of likely N-dealkylation sites (N-methyl/N-ethyl adjacent to an activating group) is 1. The zero-order chi connectivity index (χ0) is 14.0. The molecule has 1 heterocycles. The van der Waals surface area contributed by atoms with E-state index in [0.29, 0.717) is 6.04 Å². The highest BCUT2D eigenvalue weighted by Crippen LogP contribution is 2.14. The summed E-state index contributed by atoms with van der Waals surface area (Å²) in [6.07, 6.45) is 0. The summed E-state index contributed by atoms with van der Waals surface area (Å²) in [5, 5.41) is 0. The third-order valence-electron chi connectivity index (χ3n) is 3.65. The first-order chi connectivity index (χ1) is 8.99. The molecule has 104 valence electrons. The fraction of sp³-hybridized carbons (Fsp3) is 0.500. The molecule has 0 N–H and O–H groups in total. The highest BCUT2D eigenvalue weighted by molar-refractivity contribution is 5.98. The summed E-state index contributed by atoms with van der Waals surface area (Å²) < 4.78 is 27.0. The third-order valence-corrected chi connectivity index (χ3v) is 3.65. The van der Waals surface area contributed by atoms with E-state index in [0.717, 1.165) is 31.8 Å². The molecule has 1 fully saturated rings. The van der Waals surface area contributed by atoms with Crippen molar-refractivity contribution >= 4 is 5.78 Å². The molecular weight excluding hydrogens is 250 g/mol. The highest BCUT2D eigenvalue weighted by atomic mass is 19.1. The van der Waals surface area contributed by atoms with Gasteiger partial charge in [-0.05, 0) is 26.1 Å². The Bertz CT molecular complexity index is 458. The van der Waals surface area contributed by atoms with E-state index in [-0.39, 0.29) is 6.54 Å². The van der Waals surface area contributed by atoms with Crippen LogP contribution < -0.4 is 0 Å². The predicted molar refractivity (Wildman–Crippen MR) is 69.2 cm³/mol. The largest absolute Gasteiger partial charge is 0.301 e. The van der Waals surface area contributed by atoms with E-state index >= 15 is 0 Å². The van der Waals surface area contributed by atoms with E-state index in [1.165, 1.54) is 6.07 Å². The quantitative estimate of drug-likeness (QED) is 0.781. The molecule has 0 saturated carbocycles. The van der Waals surface area contributed by atoms with Crippen molar-refractivity contribution in [3.8, 4) is 0 Å². The molecule has 19 heavy (non-hydrogen) atoms. The molecule has 0 bridgehead atoms. The number of nitrogens with zero attached hydrogens (tertiary/aromatic N) is 2. The van der Waals surface area contributed by atoms with Crippen LogP contribution in [0.3, 0.4) is 0 Å². The standard InChI is InChI=1S/C14H18F2N2O/c1-10-8-18(7-6-17(10)2)9-13(19)14-11(15)4-3-5-12(14)16/h3-5,10H,6-9H2,1-2H3. The average molecular weight is 268 g/mol. The van der Waals surface area contributed by atoms with Crippen LogP contribution in [0.1, 0.15) is 17.3 Å². The van der Waals surface area contributed by atoms with Crippen molar-refractivity contribution < 1.29 is 13.6 Å². The monoisotopic (exact) mass is 268 g/mol. The summed E-state index contributed by atoms with van der Waals surface area (Å²) in [6.45, 7) is 4.46. The maximum atomic E-state index is 13.5. The van der Waals surface area contributed by atoms with Gasteiger partial charge in [0.05, 0.1) is 12.1 Å². The number of hydrogen-bond acceptors (Lipinski definition) is 3. The molecule has 2 rings (SSSR count). The number of ketones is 1. The second-order valence-corrected chi connectivity index (χ2v) is 5.08. The van der Waals surface area contributed by atoms with E-state index in [1.54, 1.807) is 0 Å². The Morgan fingerprint density at radius 1 is 1.32 bits per heavy atom. The first-order valence-corrected chi connectivity index (χ1v) is 6.39. The van der Waals surface area contributed by atoms with Crippen LogP contribution in [0, 0.1) is 11.6 Å². The maximum Gasteiger partial charge on any atom is 0.182 e. The first kappa shape index (κ1) is 14.1. The van der Waals surface area contributed by atoms with Crippen molar-refractivity contribution in [2.75, 3.05) is 33.2 Å². The fourth-order valence-corrected chi connectivity index (χ4v) is 2.31. The molecule has 1 saturated heterocycles. The molecule has 1 unspecified atom stereocenters. The number of hydrogen-bond donors (Lipinski definition) is 0. The summed E-state index contributed by atoms with van der Waals surface area (Å²) in [6, 6.07) is 3.83. The molecule has 0 aliphatic carbocycles. The molecule has 0 spiro atoms. The van der Waals surface area contributed by atoms with Crippen LogP contribution in [-0.4, -0.2) is 54.9 Å². The molecule has 1 aliphatic heterocycles. The second-order valence-electron chi connectivity index (χ2n) is 5.08. The lowest BCUT2D eigenvalue weighted by atomic mass is 10.1. The summed E-state index contributed by atoms with van der Waals surface area (Å²) in [5.41, 5.74) is -0.422. The zero-order valence-electron chi connectivity index (χ0n) is 11.2. The Labute approximate surface area is 111 Å². The SMILES string of the molecule is CC1CN(CC(=O)c2c(F)cccc2F)CCN1C. The van der Waals surface area contributed by atoms with E-state index in [1.807, 2.05) is 11.9 Å². The van der Waals surface area contributed by atoms with Gasteiger partial charge in [0.25, 0.3) is 0 Å². The Balaban J connectivity index is 2.06. The molecule has 3 nitrogen and oxygen atoms in total. The van der Waals surface area contributed by atoms with Gasteiger partial charge in [-0.15, -0.1) is 0 Å². The topological polar surface area (TPSA) is 23.6 Å². The summed E-state index contributed by atoms with van der Waals surface area (Å²) >= 11 is 0. The molecule has 1 atom stereocenters. The Hall–Kier alpha value is -1.33. The minimum Gasteiger partial charge on any atom is -0.301 e. The highest BCUT2D eigenvalue weighted by Gasteiger charge is 2.24. The van der Waals surface area contributed by atoms with Gasteiger partial charge in [-0.2, -0.15) is 0 Å². The smallest absolute Gasteiger partial charge is 0.182 e. The van der Waals surface area contributed by atoms with Crippen molar-refractivity contribution in [1.29, 1.82) is 0 Å². The predicted octanol–water partition coefficient (Wildman–Crippen LogP) is 1.78. The zero-order valence-corrected chi connectivity index (χ0v) is 11.2. The van der Waals surface area contributed by atoms with Crippen LogP contribution >= 0.6 is 0 Å². The number of carbonyl (C=O) groups is 1. The van der Waals surface area contributed by atoms with E-state index < -0.39 is 23.0 Å². The molecule has 0 amide bonds. The minimum atomic E-state index is -0.785. The Morgan fingerprint density at radius 3 is 2.53 bits per heavy atom. The van der Waals surface area contributed by atoms with Gasteiger partial charge < -0.3 is 4.90 Å². The van der Waals surface area contributed by atoms with Gasteiger partial charge in [-0.3, -0.25) is 9.69 Å². The lowest BCUT2D eigenvalue weighted by Gasteiger charge is -2.37. The normalized spacial score (nSPS) is 21.6. The van der Waals surface area contributed by atoms with Crippen molar-refractivity contribution in [3.05, 3.63) is 35.4 Å². The van der Waals surface area contributed by atoms with Crippen LogP contribution in [0.25, 0.3) is 0 Å². The molecule has 0 aromatic heterocycles. The number of piperazine rings is 1. The van der Waals surface area contributed by atoms with Gasteiger partial charge in [-0.1, -0.05) is 6.07 Å². The average Bonchev–Trinajstić information content (AvgIpc) is 2.33. The van der Waals surface area contributed by atoms with Gasteiger partial charge >= 0.3 is 0 Å². The number of carbonyl (C=O) groups excluding carboxylic acids is 1. The minimum absolute atomic E-state index is 0.0655. The lowest BCUT2D eigenvalue weighted by Crippen LogP contribution is -2.51. The number of benzene rings is 1. The number of halogens is 2. The molecule has 1 aliphatic rings. The van der Waals surface area contributed by atoms with Crippen LogP contribution in [0.4, 0.5) is 8.78 Å². The van der Waals surface area contributed by atoms with E-state index in [4.69, 9.17) is 0 Å². The second kappa shape index (κ2) is 5.75. The van der Waals surface area contributed by atoms with Crippen molar-refractivity contribution in [3.63, 3.8) is 0 Å². The molecule has 1 aromatic carbocycles. The maximum absolute atomic E-state index is 13.5. The fourth-order valence-electron chi connectivity index (χ4n) is 2.31. The van der Waals surface area contributed by atoms with Crippen LogP contribution in [0.15, 0.2) is 18.2 Å². The Morgan fingerprint density at radius 2 is 1.95 bits per heavy atom. The van der Waals surface area contributed by atoms with E-state index in [9.17, 15) is 13.6 Å². The number of rotatable bonds is 3. The van der Waals surface area contributed by atoms with Crippen LogP contribution in [0.5, 0.6) is 0 Å². The molecular formula is C14H18F2N2O. The Kier molecular flexibility index (Phi) is 4.27. The van der Waals surface area contributed by atoms with Gasteiger partial charge in [0.2, 0.25) is 0 Å². The first-order valence-electron chi connectivity index (χ1n) is 6.39. The molecule has 5 heteroatoms. The van der Waals surface area contributed by atoms with E-state index in [2.05, 4.69) is 11.8 Å². The van der Waals surface area contributed by atoms with Crippen molar-refractivity contribution in [1.82, 2.24) is 9.80 Å². The van der Waals surface area contributed by atoms with Gasteiger partial charge in [0.15, 0.2) is 5.78 Å². The van der Waals surface area contributed by atoms with Crippen LogP contribution in [0.2, 0.25) is 0 Å². The van der Waals surface area contributed by atoms with Gasteiger partial charge in [0, 0.05) is 25.7 Å². The van der Waals surface area contributed by atoms with Gasteiger partial charge in [0.1, 0.15) is 11.6 Å². The summed E-state index contributed by atoms with van der Waals surface area (Å²) in [5.74, 6) is -2.06. The lowest BCUT2D eigenvalue weighted by molar-refractivity contribution is 0.0779. The summed E-state index contributed by atoms with van der Waals surface area (Å²) in [4.78, 5) is 16.1. The van der Waals surface area contributed by atoms with Crippen molar-refractivity contribution in [2.45, 2.75) is 13.0 Å². The molecule has 0 radical (unpaired) electrons.